The van der Waals surface area contributed by atoms with Gasteiger partial charge in [-0.3, -0.25) is 9.78 Å². The summed E-state index contributed by atoms with van der Waals surface area (Å²) in [4.78, 5) is 18.4. The summed E-state index contributed by atoms with van der Waals surface area (Å²) >= 11 is 0. The normalized spacial score (nSPS) is 23.3. The van der Waals surface area contributed by atoms with E-state index in [1.807, 2.05) is 4.90 Å². The molecule has 1 spiro atoms. The third-order valence-corrected chi connectivity index (χ3v) is 4.87. The van der Waals surface area contributed by atoms with Gasteiger partial charge in [0.1, 0.15) is 0 Å². The SMILES string of the molecule is CCNC1CCOC2(CCN(C(=O)c3ccncc3)CC2)C1.Cl. The van der Waals surface area contributed by atoms with Gasteiger partial charge >= 0.3 is 0 Å². The number of aromatic nitrogens is 1. The van der Waals surface area contributed by atoms with Crippen LogP contribution < -0.4 is 5.32 Å². The summed E-state index contributed by atoms with van der Waals surface area (Å²) in [5.41, 5.74) is 0.696. The van der Waals surface area contributed by atoms with E-state index >= 15 is 0 Å². The number of pyridine rings is 1. The molecule has 2 saturated heterocycles. The van der Waals surface area contributed by atoms with Crippen molar-refractivity contribution in [1.82, 2.24) is 15.2 Å². The molecule has 1 atom stereocenters. The van der Waals surface area contributed by atoms with Gasteiger partial charge in [0, 0.05) is 43.7 Å². The van der Waals surface area contributed by atoms with E-state index in [0.717, 1.165) is 57.5 Å². The molecule has 1 amide bonds. The van der Waals surface area contributed by atoms with Crippen molar-refractivity contribution in [1.29, 1.82) is 0 Å². The van der Waals surface area contributed by atoms with E-state index in [0.29, 0.717) is 6.04 Å². The molecular formula is C17H26ClN3O2. The number of nitrogens with one attached hydrogen (secondary N) is 1. The molecule has 23 heavy (non-hydrogen) atoms. The highest BCUT2D eigenvalue weighted by Crippen LogP contribution is 2.35. The third-order valence-electron chi connectivity index (χ3n) is 4.87. The van der Waals surface area contributed by atoms with Crippen molar-refractivity contribution in [3.05, 3.63) is 30.1 Å². The molecule has 128 valence electrons. The molecule has 1 unspecified atom stereocenters. The molecule has 0 radical (unpaired) electrons. The lowest BCUT2D eigenvalue weighted by Crippen LogP contribution is -2.53. The average molecular weight is 340 g/mol. The van der Waals surface area contributed by atoms with E-state index in [9.17, 15) is 4.79 Å². The van der Waals surface area contributed by atoms with E-state index in [2.05, 4.69) is 17.2 Å². The van der Waals surface area contributed by atoms with Crippen LogP contribution in [0, 0.1) is 0 Å². The molecule has 3 rings (SSSR count). The number of amides is 1. The lowest BCUT2D eigenvalue weighted by molar-refractivity contribution is -0.115. The monoisotopic (exact) mass is 339 g/mol. The van der Waals surface area contributed by atoms with Crippen LogP contribution in [-0.4, -0.2) is 53.7 Å². The molecule has 1 N–H and O–H groups in total. The van der Waals surface area contributed by atoms with Crippen molar-refractivity contribution in [3.8, 4) is 0 Å². The summed E-state index contributed by atoms with van der Waals surface area (Å²) in [6.07, 6.45) is 7.37. The topological polar surface area (TPSA) is 54.5 Å². The molecule has 3 heterocycles. The van der Waals surface area contributed by atoms with Crippen LogP contribution in [0.1, 0.15) is 43.0 Å². The molecular weight excluding hydrogens is 314 g/mol. The van der Waals surface area contributed by atoms with E-state index in [4.69, 9.17) is 4.74 Å². The first-order valence-corrected chi connectivity index (χ1v) is 8.29. The minimum Gasteiger partial charge on any atom is -0.375 e. The van der Waals surface area contributed by atoms with Crippen LogP contribution in [0.4, 0.5) is 0 Å². The van der Waals surface area contributed by atoms with Crippen molar-refractivity contribution >= 4 is 18.3 Å². The zero-order valence-electron chi connectivity index (χ0n) is 13.7. The Kier molecular flexibility index (Phi) is 6.39. The van der Waals surface area contributed by atoms with Gasteiger partial charge in [-0.2, -0.15) is 0 Å². The Morgan fingerprint density at radius 1 is 1.39 bits per heavy atom. The van der Waals surface area contributed by atoms with Crippen molar-refractivity contribution in [2.24, 2.45) is 0 Å². The second-order valence-electron chi connectivity index (χ2n) is 6.31. The van der Waals surface area contributed by atoms with Crippen molar-refractivity contribution < 1.29 is 9.53 Å². The van der Waals surface area contributed by atoms with Crippen LogP contribution in [0.2, 0.25) is 0 Å². The van der Waals surface area contributed by atoms with Crippen molar-refractivity contribution in [2.45, 2.75) is 44.2 Å². The molecule has 0 aliphatic carbocycles. The largest absolute Gasteiger partial charge is 0.375 e. The van der Waals surface area contributed by atoms with Crippen LogP contribution in [0.15, 0.2) is 24.5 Å². The lowest BCUT2D eigenvalue weighted by Gasteiger charge is -2.46. The Morgan fingerprint density at radius 3 is 2.74 bits per heavy atom. The molecule has 2 aliphatic rings. The number of nitrogens with zero attached hydrogens (tertiary/aromatic N) is 2. The Bertz CT molecular complexity index is 502. The quantitative estimate of drug-likeness (QED) is 0.917. The van der Waals surface area contributed by atoms with Gasteiger partial charge in [0.05, 0.1) is 5.60 Å². The van der Waals surface area contributed by atoms with Gasteiger partial charge < -0.3 is 15.0 Å². The summed E-state index contributed by atoms with van der Waals surface area (Å²) in [6, 6.07) is 4.12. The first kappa shape index (κ1) is 18.2. The number of hydrogen-bond donors (Lipinski definition) is 1. The van der Waals surface area contributed by atoms with Gasteiger partial charge in [0.15, 0.2) is 0 Å². The van der Waals surface area contributed by atoms with Gasteiger partial charge in [-0.25, -0.2) is 0 Å². The van der Waals surface area contributed by atoms with Gasteiger partial charge in [-0.05, 0) is 44.4 Å². The fraction of sp³-hybridized carbons (Fsp3) is 0.647. The zero-order chi connectivity index (χ0) is 15.4. The number of likely N-dealkylation sites (tertiary alicyclic amines) is 1. The predicted molar refractivity (Wildman–Crippen MR) is 92.0 cm³/mol. The van der Waals surface area contributed by atoms with Gasteiger partial charge in [-0.15, -0.1) is 12.4 Å². The molecule has 6 heteroatoms. The van der Waals surface area contributed by atoms with Gasteiger partial charge in [0.2, 0.25) is 0 Å². The maximum absolute atomic E-state index is 12.5. The number of piperidine rings is 1. The number of hydrogen-bond acceptors (Lipinski definition) is 4. The maximum Gasteiger partial charge on any atom is 0.253 e. The molecule has 1 aromatic heterocycles. The fourth-order valence-electron chi connectivity index (χ4n) is 3.63. The Labute approximate surface area is 144 Å². The molecule has 0 bridgehead atoms. The van der Waals surface area contributed by atoms with E-state index in [1.165, 1.54) is 0 Å². The highest BCUT2D eigenvalue weighted by Gasteiger charge is 2.41. The molecule has 0 saturated carbocycles. The number of carbonyl (C=O) groups is 1. The second-order valence-corrected chi connectivity index (χ2v) is 6.31. The second kappa shape index (κ2) is 8.08. The number of rotatable bonds is 3. The molecule has 2 fully saturated rings. The summed E-state index contributed by atoms with van der Waals surface area (Å²) in [6.45, 7) is 5.54. The van der Waals surface area contributed by atoms with E-state index < -0.39 is 0 Å². The molecule has 5 nitrogen and oxygen atoms in total. The predicted octanol–water partition coefficient (Wildman–Crippen LogP) is 2.27. The van der Waals surface area contributed by atoms with Crippen LogP contribution in [0.25, 0.3) is 0 Å². The summed E-state index contributed by atoms with van der Waals surface area (Å²) in [7, 11) is 0. The number of halogens is 1. The minimum absolute atomic E-state index is 0. The van der Waals surface area contributed by atoms with Crippen LogP contribution in [-0.2, 0) is 4.74 Å². The van der Waals surface area contributed by atoms with Gasteiger partial charge in [0.25, 0.3) is 5.91 Å². The first-order chi connectivity index (χ1) is 10.7. The van der Waals surface area contributed by atoms with Crippen molar-refractivity contribution in [3.63, 3.8) is 0 Å². The van der Waals surface area contributed by atoms with E-state index in [-0.39, 0.29) is 23.9 Å². The summed E-state index contributed by atoms with van der Waals surface area (Å²) < 4.78 is 6.13. The highest BCUT2D eigenvalue weighted by atomic mass is 35.5. The molecule has 1 aromatic rings. The summed E-state index contributed by atoms with van der Waals surface area (Å²) in [5, 5.41) is 3.55. The maximum atomic E-state index is 12.5. The third kappa shape index (κ3) is 4.22. The van der Waals surface area contributed by atoms with Crippen LogP contribution in [0.5, 0.6) is 0 Å². The van der Waals surface area contributed by atoms with Gasteiger partial charge in [-0.1, -0.05) is 6.92 Å². The number of ether oxygens (including phenoxy) is 1. The van der Waals surface area contributed by atoms with E-state index in [1.54, 1.807) is 24.5 Å². The standard InChI is InChI=1S/C17H25N3O2.ClH/c1-2-19-15-5-12-22-17(13-15)6-10-20(11-7-17)16(21)14-3-8-18-9-4-14;/h3-4,8-9,15,19H,2,5-7,10-13H2,1H3;1H. The molecule has 2 aliphatic heterocycles. The highest BCUT2D eigenvalue weighted by molar-refractivity contribution is 5.94. The minimum atomic E-state index is -0.0277. The smallest absolute Gasteiger partial charge is 0.253 e. The Morgan fingerprint density at radius 2 is 2.09 bits per heavy atom. The Hall–Kier alpha value is -1.17. The number of carbonyl (C=O) groups excluding carboxylic acids is 1. The Balaban J connectivity index is 0.00000192. The lowest BCUT2D eigenvalue weighted by atomic mass is 9.82. The van der Waals surface area contributed by atoms with Crippen LogP contribution in [0.3, 0.4) is 0 Å². The average Bonchev–Trinajstić information content (AvgIpc) is 2.56. The zero-order valence-corrected chi connectivity index (χ0v) is 14.5. The van der Waals surface area contributed by atoms with Crippen molar-refractivity contribution in [2.75, 3.05) is 26.2 Å². The first-order valence-electron chi connectivity index (χ1n) is 8.29. The molecule has 0 aromatic carbocycles. The van der Waals surface area contributed by atoms with Crippen LogP contribution >= 0.6 is 12.4 Å². The fourth-order valence-corrected chi connectivity index (χ4v) is 3.63. The summed E-state index contributed by atoms with van der Waals surface area (Å²) in [5.74, 6) is 0.108.